The number of ether oxygens (including phenoxy) is 2. The Morgan fingerprint density at radius 3 is 2.40 bits per heavy atom. The molecule has 0 fully saturated rings. The van der Waals surface area contributed by atoms with E-state index in [0.29, 0.717) is 5.75 Å². The quantitative estimate of drug-likeness (QED) is 0.922. The van der Waals surface area contributed by atoms with E-state index >= 15 is 0 Å². The molecular formula is C14H14N2O4. The number of carboxylic acids is 1. The van der Waals surface area contributed by atoms with Gasteiger partial charge in [0, 0.05) is 11.4 Å². The van der Waals surface area contributed by atoms with E-state index in [1.807, 2.05) is 13.8 Å². The number of benzene rings is 1. The summed E-state index contributed by atoms with van der Waals surface area (Å²) in [6.45, 7) is 3.61. The Hall–Kier alpha value is -2.63. The lowest BCUT2D eigenvalue weighted by molar-refractivity contribution is 0.0693. The average molecular weight is 274 g/mol. The second-order valence-corrected chi connectivity index (χ2v) is 4.18. The molecule has 1 aromatic heterocycles. The molecule has 0 aliphatic carbocycles. The SMILES string of the molecule is COc1cccc(C(=O)O)c1Oc1nc(C)cc(C)n1. The number of carbonyl (C=O) groups is 1. The number of aromatic carboxylic acids is 1. The Kier molecular flexibility index (Phi) is 3.84. The second kappa shape index (κ2) is 5.56. The zero-order valence-electron chi connectivity index (χ0n) is 11.4. The van der Waals surface area contributed by atoms with E-state index in [-0.39, 0.29) is 17.3 Å². The zero-order chi connectivity index (χ0) is 14.7. The molecule has 0 aliphatic rings. The largest absolute Gasteiger partial charge is 0.493 e. The third-order valence-electron chi connectivity index (χ3n) is 2.58. The van der Waals surface area contributed by atoms with Gasteiger partial charge in [-0.2, -0.15) is 0 Å². The van der Waals surface area contributed by atoms with Crippen molar-refractivity contribution in [3.63, 3.8) is 0 Å². The smallest absolute Gasteiger partial charge is 0.339 e. The maximum atomic E-state index is 11.2. The van der Waals surface area contributed by atoms with Gasteiger partial charge < -0.3 is 14.6 Å². The van der Waals surface area contributed by atoms with Crippen molar-refractivity contribution in [3.8, 4) is 17.5 Å². The van der Waals surface area contributed by atoms with E-state index in [2.05, 4.69) is 9.97 Å². The van der Waals surface area contributed by atoms with Crippen molar-refractivity contribution in [2.24, 2.45) is 0 Å². The highest BCUT2D eigenvalue weighted by atomic mass is 16.5. The van der Waals surface area contributed by atoms with Crippen LogP contribution < -0.4 is 9.47 Å². The standard InChI is InChI=1S/C14H14N2O4/c1-8-7-9(2)16-14(15-8)20-12-10(13(17)18)5-4-6-11(12)19-3/h4-7H,1-3H3,(H,17,18). The molecule has 2 rings (SSSR count). The van der Waals surface area contributed by atoms with Gasteiger partial charge in [0.15, 0.2) is 11.5 Å². The first-order valence-corrected chi connectivity index (χ1v) is 5.91. The molecule has 6 heteroatoms. The van der Waals surface area contributed by atoms with Crippen LogP contribution in [0.2, 0.25) is 0 Å². The van der Waals surface area contributed by atoms with Crippen LogP contribution >= 0.6 is 0 Å². The summed E-state index contributed by atoms with van der Waals surface area (Å²) in [7, 11) is 1.44. The fourth-order valence-corrected chi connectivity index (χ4v) is 1.78. The average Bonchev–Trinajstić information content (AvgIpc) is 2.37. The first kappa shape index (κ1) is 13.8. The minimum Gasteiger partial charge on any atom is -0.493 e. The highest BCUT2D eigenvalue weighted by Gasteiger charge is 2.18. The van der Waals surface area contributed by atoms with Gasteiger partial charge in [-0.25, -0.2) is 14.8 Å². The van der Waals surface area contributed by atoms with Crippen LogP contribution in [0.25, 0.3) is 0 Å². The Morgan fingerprint density at radius 1 is 1.20 bits per heavy atom. The molecule has 0 saturated heterocycles. The van der Waals surface area contributed by atoms with Gasteiger partial charge in [0.05, 0.1) is 7.11 Å². The number of nitrogens with zero attached hydrogens (tertiary/aromatic N) is 2. The van der Waals surface area contributed by atoms with Gasteiger partial charge in [-0.05, 0) is 32.0 Å². The Balaban J connectivity index is 2.48. The van der Waals surface area contributed by atoms with Crippen LogP contribution in [0.5, 0.6) is 17.5 Å². The van der Waals surface area contributed by atoms with E-state index in [1.54, 1.807) is 18.2 Å². The van der Waals surface area contributed by atoms with Crippen molar-refractivity contribution in [2.45, 2.75) is 13.8 Å². The number of aryl methyl sites for hydroxylation is 2. The number of para-hydroxylation sites is 1. The molecule has 20 heavy (non-hydrogen) atoms. The molecule has 0 radical (unpaired) electrons. The summed E-state index contributed by atoms with van der Waals surface area (Å²) in [4.78, 5) is 19.5. The van der Waals surface area contributed by atoms with Gasteiger partial charge >= 0.3 is 12.0 Å². The Bertz CT molecular complexity index is 635. The van der Waals surface area contributed by atoms with Gasteiger partial charge in [0.25, 0.3) is 0 Å². The highest BCUT2D eigenvalue weighted by Crippen LogP contribution is 2.33. The van der Waals surface area contributed by atoms with Gasteiger partial charge in [-0.15, -0.1) is 0 Å². The number of carboxylic acid groups (broad SMARTS) is 1. The van der Waals surface area contributed by atoms with Crippen molar-refractivity contribution in [2.75, 3.05) is 7.11 Å². The molecule has 0 unspecified atom stereocenters. The molecule has 104 valence electrons. The number of hydrogen-bond acceptors (Lipinski definition) is 5. The second-order valence-electron chi connectivity index (χ2n) is 4.18. The molecule has 1 heterocycles. The van der Waals surface area contributed by atoms with Crippen LogP contribution in [0.4, 0.5) is 0 Å². The van der Waals surface area contributed by atoms with Crippen LogP contribution in [0.15, 0.2) is 24.3 Å². The maximum Gasteiger partial charge on any atom is 0.339 e. The fourth-order valence-electron chi connectivity index (χ4n) is 1.78. The lowest BCUT2D eigenvalue weighted by Gasteiger charge is -2.12. The third-order valence-corrected chi connectivity index (χ3v) is 2.58. The molecule has 0 aliphatic heterocycles. The number of hydrogen-bond donors (Lipinski definition) is 1. The summed E-state index contributed by atoms with van der Waals surface area (Å²) in [5, 5.41) is 9.20. The Labute approximate surface area is 116 Å². The lowest BCUT2D eigenvalue weighted by atomic mass is 10.2. The first-order valence-electron chi connectivity index (χ1n) is 5.91. The molecule has 0 saturated carbocycles. The van der Waals surface area contributed by atoms with Crippen molar-refractivity contribution in [3.05, 3.63) is 41.2 Å². The summed E-state index contributed by atoms with van der Waals surface area (Å²) in [6.07, 6.45) is 0. The van der Waals surface area contributed by atoms with Gasteiger partial charge in [-0.3, -0.25) is 0 Å². The van der Waals surface area contributed by atoms with Crippen LogP contribution in [-0.2, 0) is 0 Å². The highest BCUT2D eigenvalue weighted by molar-refractivity contribution is 5.92. The van der Waals surface area contributed by atoms with Crippen LogP contribution in [0.3, 0.4) is 0 Å². The number of rotatable bonds is 4. The van der Waals surface area contributed by atoms with Gasteiger partial charge in [-0.1, -0.05) is 6.07 Å². The third kappa shape index (κ3) is 2.85. The monoisotopic (exact) mass is 274 g/mol. The van der Waals surface area contributed by atoms with Crippen LogP contribution in [0.1, 0.15) is 21.7 Å². The number of methoxy groups -OCH3 is 1. The summed E-state index contributed by atoms with van der Waals surface area (Å²) < 4.78 is 10.7. The summed E-state index contributed by atoms with van der Waals surface area (Å²) in [5.41, 5.74) is 1.46. The van der Waals surface area contributed by atoms with Crippen molar-refractivity contribution in [1.29, 1.82) is 0 Å². The fraction of sp³-hybridized carbons (Fsp3) is 0.214. The van der Waals surface area contributed by atoms with Crippen LogP contribution in [-0.4, -0.2) is 28.2 Å². The molecule has 0 amide bonds. The normalized spacial score (nSPS) is 10.2. The topological polar surface area (TPSA) is 81.5 Å². The summed E-state index contributed by atoms with van der Waals surface area (Å²) in [5.74, 6) is -0.705. The Morgan fingerprint density at radius 2 is 1.85 bits per heavy atom. The predicted molar refractivity (Wildman–Crippen MR) is 71.5 cm³/mol. The zero-order valence-corrected chi connectivity index (χ0v) is 11.4. The van der Waals surface area contributed by atoms with Crippen LogP contribution in [0, 0.1) is 13.8 Å². The molecule has 1 aromatic carbocycles. The lowest BCUT2D eigenvalue weighted by Crippen LogP contribution is -2.04. The molecule has 0 spiro atoms. The minimum atomic E-state index is -1.11. The predicted octanol–water partition coefficient (Wildman–Crippen LogP) is 2.59. The van der Waals surface area contributed by atoms with Gasteiger partial charge in [0.2, 0.25) is 0 Å². The van der Waals surface area contributed by atoms with Crippen molar-refractivity contribution in [1.82, 2.24) is 9.97 Å². The van der Waals surface area contributed by atoms with E-state index in [1.165, 1.54) is 13.2 Å². The molecule has 0 bridgehead atoms. The molecule has 6 nitrogen and oxygen atoms in total. The molecule has 0 atom stereocenters. The number of aromatic nitrogens is 2. The van der Waals surface area contributed by atoms with E-state index in [9.17, 15) is 9.90 Å². The molecule has 2 aromatic rings. The van der Waals surface area contributed by atoms with Crippen molar-refractivity contribution >= 4 is 5.97 Å². The van der Waals surface area contributed by atoms with E-state index in [4.69, 9.17) is 9.47 Å². The first-order chi connectivity index (χ1) is 9.51. The summed E-state index contributed by atoms with van der Waals surface area (Å²) >= 11 is 0. The maximum absolute atomic E-state index is 11.2. The minimum absolute atomic E-state index is 0.00731. The van der Waals surface area contributed by atoms with E-state index < -0.39 is 5.97 Å². The van der Waals surface area contributed by atoms with E-state index in [0.717, 1.165) is 11.4 Å². The summed E-state index contributed by atoms with van der Waals surface area (Å²) in [6, 6.07) is 6.52. The molecular weight excluding hydrogens is 260 g/mol. The van der Waals surface area contributed by atoms with Crippen molar-refractivity contribution < 1.29 is 19.4 Å². The molecule has 1 N–H and O–H groups in total. The van der Waals surface area contributed by atoms with Gasteiger partial charge in [0.1, 0.15) is 5.56 Å².